The highest BCUT2D eigenvalue weighted by molar-refractivity contribution is 9.10. The molecule has 0 saturated carbocycles. The predicted molar refractivity (Wildman–Crippen MR) is 65.4 cm³/mol. The number of halogens is 1. The fourth-order valence-electron chi connectivity index (χ4n) is 1.17. The molecule has 0 atom stereocenters. The van der Waals surface area contributed by atoms with Gasteiger partial charge in [-0.15, -0.1) is 0 Å². The summed E-state index contributed by atoms with van der Waals surface area (Å²) >= 11 is 3.22. The molecule has 0 bridgehead atoms. The second-order valence-corrected chi connectivity index (χ2v) is 3.98. The molecule has 0 aliphatic heterocycles. The second-order valence-electron chi connectivity index (χ2n) is 3.13. The van der Waals surface area contributed by atoms with Crippen molar-refractivity contribution in [2.75, 3.05) is 13.2 Å². The van der Waals surface area contributed by atoms with E-state index in [4.69, 9.17) is 15.2 Å². The van der Waals surface area contributed by atoms with E-state index >= 15 is 0 Å². The zero-order chi connectivity index (χ0) is 12.8. The van der Waals surface area contributed by atoms with Crippen LogP contribution in [0.5, 0.6) is 11.5 Å². The standard InChI is InChI=1S/C11H12BrNO4/c1-2-16-9-3-7(5-14)8(12)4-10(9)17-6-11(13)15/h3-5H,2,6H2,1H3,(H2,13,15). The summed E-state index contributed by atoms with van der Waals surface area (Å²) in [5, 5.41) is 0. The van der Waals surface area contributed by atoms with Crippen LogP contribution >= 0.6 is 15.9 Å². The minimum absolute atomic E-state index is 0.243. The molecular formula is C11H12BrNO4. The van der Waals surface area contributed by atoms with E-state index in [9.17, 15) is 9.59 Å². The highest BCUT2D eigenvalue weighted by atomic mass is 79.9. The van der Waals surface area contributed by atoms with Gasteiger partial charge in [-0.1, -0.05) is 0 Å². The number of carbonyl (C=O) groups is 2. The number of aldehydes is 1. The highest BCUT2D eigenvalue weighted by Gasteiger charge is 2.11. The van der Waals surface area contributed by atoms with Gasteiger partial charge in [0.1, 0.15) is 0 Å². The molecule has 0 aromatic heterocycles. The number of benzene rings is 1. The minimum atomic E-state index is -0.581. The summed E-state index contributed by atoms with van der Waals surface area (Å²) in [4.78, 5) is 21.4. The number of nitrogens with two attached hydrogens (primary N) is 1. The number of ether oxygens (including phenoxy) is 2. The van der Waals surface area contributed by atoms with Crippen LogP contribution in [-0.4, -0.2) is 25.4 Å². The number of amides is 1. The van der Waals surface area contributed by atoms with E-state index in [1.54, 1.807) is 13.0 Å². The molecule has 0 saturated heterocycles. The van der Waals surface area contributed by atoms with Crippen LogP contribution < -0.4 is 15.2 Å². The zero-order valence-corrected chi connectivity index (χ0v) is 10.8. The number of primary amides is 1. The van der Waals surface area contributed by atoms with E-state index in [1.807, 2.05) is 0 Å². The van der Waals surface area contributed by atoms with Gasteiger partial charge in [0.05, 0.1) is 6.61 Å². The summed E-state index contributed by atoms with van der Waals surface area (Å²) in [5.74, 6) is 0.185. The van der Waals surface area contributed by atoms with Crippen LogP contribution in [-0.2, 0) is 4.79 Å². The Balaban J connectivity index is 3.03. The first-order valence-electron chi connectivity index (χ1n) is 4.91. The molecule has 17 heavy (non-hydrogen) atoms. The van der Waals surface area contributed by atoms with Gasteiger partial charge in [0, 0.05) is 10.0 Å². The Hall–Kier alpha value is -1.56. The summed E-state index contributed by atoms with van der Waals surface area (Å²) in [7, 11) is 0. The van der Waals surface area contributed by atoms with Crippen molar-refractivity contribution in [3.05, 3.63) is 22.2 Å². The van der Waals surface area contributed by atoms with E-state index < -0.39 is 5.91 Å². The van der Waals surface area contributed by atoms with Crippen molar-refractivity contribution in [2.24, 2.45) is 5.73 Å². The first kappa shape index (κ1) is 13.5. The monoisotopic (exact) mass is 301 g/mol. The van der Waals surface area contributed by atoms with Gasteiger partial charge in [0.25, 0.3) is 5.91 Å². The number of rotatable bonds is 6. The fourth-order valence-corrected chi connectivity index (χ4v) is 1.59. The summed E-state index contributed by atoms with van der Waals surface area (Å²) in [5.41, 5.74) is 5.43. The minimum Gasteiger partial charge on any atom is -0.490 e. The topological polar surface area (TPSA) is 78.6 Å². The van der Waals surface area contributed by atoms with Crippen molar-refractivity contribution in [1.29, 1.82) is 0 Å². The Kier molecular flexibility index (Phi) is 4.96. The maximum atomic E-state index is 10.8. The Bertz CT molecular complexity index is 434. The molecule has 5 nitrogen and oxygen atoms in total. The molecule has 0 spiro atoms. The van der Waals surface area contributed by atoms with Crippen molar-refractivity contribution in [3.63, 3.8) is 0 Å². The third-order valence-electron chi connectivity index (χ3n) is 1.86. The molecule has 2 N–H and O–H groups in total. The largest absolute Gasteiger partial charge is 0.490 e. The lowest BCUT2D eigenvalue weighted by molar-refractivity contribution is -0.119. The van der Waals surface area contributed by atoms with E-state index in [0.29, 0.717) is 34.4 Å². The van der Waals surface area contributed by atoms with Crippen LogP contribution in [0.15, 0.2) is 16.6 Å². The Labute approximate surface area is 107 Å². The number of hydrogen-bond acceptors (Lipinski definition) is 4. The third kappa shape index (κ3) is 3.74. The molecular weight excluding hydrogens is 290 g/mol. The van der Waals surface area contributed by atoms with Crippen molar-refractivity contribution in [1.82, 2.24) is 0 Å². The summed E-state index contributed by atoms with van der Waals surface area (Å²) in [6.45, 7) is 1.99. The molecule has 0 aliphatic rings. The Morgan fingerprint density at radius 1 is 1.41 bits per heavy atom. The molecule has 0 unspecified atom stereocenters. The van der Waals surface area contributed by atoms with Gasteiger partial charge in [-0.05, 0) is 35.0 Å². The zero-order valence-electron chi connectivity index (χ0n) is 9.23. The molecule has 0 aliphatic carbocycles. The van der Waals surface area contributed by atoms with E-state index in [0.717, 1.165) is 0 Å². The second kappa shape index (κ2) is 6.24. The third-order valence-corrected chi connectivity index (χ3v) is 2.55. The average Bonchev–Trinajstić information content (AvgIpc) is 2.29. The van der Waals surface area contributed by atoms with Gasteiger partial charge >= 0.3 is 0 Å². The number of carbonyl (C=O) groups excluding carboxylic acids is 2. The Morgan fingerprint density at radius 2 is 2.06 bits per heavy atom. The van der Waals surface area contributed by atoms with Gasteiger partial charge < -0.3 is 15.2 Å². The van der Waals surface area contributed by atoms with Gasteiger partial charge in [0.15, 0.2) is 24.4 Å². The average molecular weight is 302 g/mol. The molecule has 0 fully saturated rings. The van der Waals surface area contributed by atoms with E-state index in [-0.39, 0.29) is 6.61 Å². The molecule has 1 amide bonds. The van der Waals surface area contributed by atoms with Crippen LogP contribution in [0.2, 0.25) is 0 Å². The number of hydrogen-bond donors (Lipinski definition) is 1. The molecule has 6 heteroatoms. The normalized spacial score (nSPS) is 9.76. The van der Waals surface area contributed by atoms with Gasteiger partial charge in [0.2, 0.25) is 0 Å². The molecule has 0 radical (unpaired) electrons. The first-order chi connectivity index (χ1) is 8.08. The maximum Gasteiger partial charge on any atom is 0.255 e. The summed E-state index contributed by atoms with van der Waals surface area (Å²) < 4.78 is 11.1. The SMILES string of the molecule is CCOc1cc(C=O)c(Br)cc1OCC(N)=O. The first-order valence-corrected chi connectivity index (χ1v) is 5.70. The van der Waals surface area contributed by atoms with Gasteiger partial charge in [-0.3, -0.25) is 9.59 Å². The van der Waals surface area contributed by atoms with Crippen molar-refractivity contribution in [2.45, 2.75) is 6.92 Å². The lowest BCUT2D eigenvalue weighted by Gasteiger charge is -2.12. The van der Waals surface area contributed by atoms with Crippen molar-refractivity contribution in [3.8, 4) is 11.5 Å². The van der Waals surface area contributed by atoms with Crippen molar-refractivity contribution < 1.29 is 19.1 Å². The summed E-state index contributed by atoms with van der Waals surface area (Å²) in [6.07, 6.45) is 0.699. The molecule has 92 valence electrons. The lowest BCUT2D eigenvalue weighted by Crippen LogP contribution is -2.20. The molecule has 1 aromatic carbocycles. The molecule has 1 rings (SSSR count). The van der Waals surface area contributed by atoms with Crippen LogP contribution in [0.3, 0.4) is 0 Å². The quantitative estimate of drug-likeness (QED) is 0.808. The van der Waals surface area contributed by atoms with Crippen molar-refractivity contribution >= 4 is 28.1 Å². The summed E-state index contributed by atoms with van der Waals surface area (Å²) in [6, 6.07) is 3.11. The molecule has 0 heterocycles. The van der Waals surface area contributed by atoms with Gasteiger partial charge in [-0.2, -0.15) is 0 Å². The molecule has 1 aromatic rings. The maximum absolute atomic E-state index is 10.8. The van der Waals surface area contributed by atoms with Crippen LogP contribution in [0.4, 0.5) is 0 Å². The van der Waals surface area contributed by atoms with Gasteiger partial charge in [-0.25, -0.2) is 0 Å². The van der Waals surface area contributed by atoms with Crippen LogP contribution in [0, 0.1) is 0 Å². The Morgan fingerprint density at radius 3 is 2.59 bits per heavy atom. The predicted octanol–water partition coefficient (Wildman–Crippen LogP) is 1.52. The van der Waals surface area contributed by atoms with Crippen LogP contribution in [0.1, 0.15) is 17.3 Å². The fraction of sp³-hybridized carbons (Fsp3) is 0.273. The lowest BCUT2D eigenvalue weighted by atomic mass is 10.2. The van der Waals surface area contributed by atoms with E-state index in [1.165, 1.54) is 6.07 Å². The van der Waals surface area contributed by atoms with E-state index in [2.05, 4.69) is 15.9 Å². The highest BCUT2D eigenvalue weighted by Crippen LogP contribution is 2.33. The smallest absolute Gasteiger partial charge is 0.255 e. The van der Waals surface area contributed by atoms with Crippen LogP contribution in [0.25, 0.3) is 0 Å².